The lowest BCUT2D eigenvalue weighted by Gasteiger charge is -2.58. The van der Waals surface area contributed by atoms with Gasteiger partial charge in [0, 0.05) is 12.8 Å². The van der Waals surface area contributed by atoms with Crippen LogP contribution in [0.2, 0.25) is 0 Å². The first-order valence-electron chi connectivity index (χ1n) is 12.8. The number of hydrogen-bond donors (Lipinski definition) is 1. The molecule has 3 fully saturated rings. The van der Waals surface area contributed by atoms with Gasteiger partial charge in [-0.1, -0.05) is 65.5 Å². The van der Waals surface area contributed by atoms with Crippen molar-refractivity contribution in [3.8, 4) is 0 Å². The van der Waals surface area contributed by atoms with Crippen LogP contribution in [0.5, 0.6) is 0 Å². The van der Waals surface area contributed by atoms with Gasteiger partial charge in [0.2, 0.25) is 0 Å². The summed E-state index contributed by atoms with van der Waals surface area (Å²) in [5.41, 5.74) is 7.36. The molecule has 0 radical (unpaired) electrons. The quantitative estimate of drug-likeness (QED) is 0.513. The zero-order valence-electron chi connectivity index (χ0n) is 19.6. The molecule has 0 saturated heterocycles. The fraction of sp³-hybridized carbons (Fsp3) is 0.926. The van der Waals surface area contributed by atoms with Crippen molar-refractivity contribution in [2.24, 2.45) is 46.3 Å². The fourth-order valence-electron chi connectivity index (χ4n) is 8.76. The number of hydrogen-bond acceptors (Lipinski definition) is 0. The molecule has 4 aliphatic rings. The van der Waals surface area contributed by atoms with Gasteiger partial charge in [0.1, 0.15) is 0 Å². The maximum absolute atomic E-state index is 4.41. The van der Waals surface area contributed by atoms with Crippen molar-refractivity contribution in [3.63, 3.8) is 0 Å². The molecular formula is C27H48N+. The molecule has 0 aromatic rings. The van der Waals surface area contributed by atoms with Crippen LogP contribution in [0.4, 0.5) is 0 Å². The number of rotatable bonds is 5. The number of fused-ring (bicyclic) bond motifs is 5. The van der Waals surface area contributed by atoms with Crippen molar-refractivity contribution in [2.75, 3.05) is 0 Å². The van der Waals surface area contributed by atoms with Crippen LogP contribution in [0.15, 0.2) is 11.6 Å². The van der Waals surface area contributed by atoms with E-state index >= 15 is 0 Å². The van der Waals surface area contributed by atoms with E-state index in [2.05, 4.69) is 46.4 Å². The molecule has 0 aliphatic heterocycles. The second kappa shape index (κ2) is 7.75. The molecule has 0 spiro atoms. The van der Waals surface area contributed by atoms with Crippen molar-refractivity contribution in [1.82, 2.24) is 0 Å². The zero-order chi connectivity index (χ0) is 20.1. The van der Waals surface area contributed by atoms with Gasteiger partial charge in [-0.2, -0.15) is 0 Å². The van der Waals surface area contributed by atoms with Gasteiger partial charge in [-0.3, -0.25) is 0 Å². The van der Waals surface area contributed by atoms with Crippen LogP contribution in [-0.2, 0) is 0 Å². The van der Waals surface area contributed by atoms with Gasteiger partial charge in [0.05, 0.1) is 6.04 Å². The SMILES string of the molecule is CC(C)CCC[C@@H](C)[C@H]1CC[C@H]2[C@@H]3CC=C4C[C@H]([NH3+])CC[C@]4(C)[C@H]3CC[C@]12C. The number of allylic oxidation sites excluding steroid dienone is 1. The molecule has 0 bridgehead atoms. The zero-order valence-corrected chi connectivity index (χ0v) is 19.6. The second-order valence-corrected chi connectivity index (χ2v) is 12.4. The van der Waals surface area contributed by atoms with Gasteiger partial charge < -0.3 is 5.73 Å². The smallest absolute Gasteiger partial charge is 0.0881 e. The van der Waals surface area contributed by atoms with E-state index in [4.69, 9.17) is 0 Å². The highest BCUT2D eigenvalue weighted by Crippen LogP contribution is 2.67. The van der Waals surface area contributed by atoms with E-state index in [0.717, 1.165) is 35.5 Å². The normalized spacial score (nSPS) is 46.5. The van der Waals surface area contributed by atoms with Crippen LogP contribution in [0, 0.1) is 46.3 Å². The topological polar surface area (TPSA) is 27.6 Å². The Balaban J connectivity index is 1.49. The predicted octanol–water partition coefficient (Wildman–Crippen LogP) is 6.64. The van der Waals surface area contributed by atoms with Crippen molar-refractivity contribution in [2.45, 2.75) is 111 Å². The van der Waals surface area contributed by atoms with Crippen LogP contribution in [-0.4, -0.2) is 6.04 Å². The summed E-state index contributed by atoms with van der Waals surface area (Å²) in [5.74, 6) is 5.72. The third-order valence-corrected chi connectivity index (χ3v) is 10.4. The first kappa shape index (κ1) is 21.0. The minimum Gasteiger partial charge on any atom is -0.355 e. The van der Waals surface area contributed by atoms with Gasteiger partial charge in [-0.05, 0) is 84.9 Å². The summed E-state index contributed by atoms with van der Waals surface area (Å²) in [6, 6.07) is 0.673. The average Bonchev–Trinajstić information content (AvgIpc) is 2.99. The van der Waals surface area contributed by atoms with Crippen molar-refractivity contribution >= 4 is 0 Å². The highest BCUT2D eigenvalue weighted by atomic mass is 14.7. The summed E-state index contributed by atoms with van der Waals surface area (Å²) in [5, 5.41) is 0. The molecule has 160 valence electrons. The molecule has 4 aliphatic carbocycles. The maximum atomic E-state index is 4.41. The Morgan fingerprint density at radius 2 is 1.79 bits per heavy atom. The first-order chi connectivity index (χ1) is 13.3. The molecule has 1 heteroatoms. The summed E-state index contributed by atoms with van der Waals surface area (Å²) in [4.78, 5) is 0. The van der Waals surface area contributed by atoms with Crippen LogP contribution in [0.25, 0.3) is 0 Å². The summed E-state index contributed by atoms with van der Waals surface area (Å²) in [7, 11) is 0. The van der Waals surface area contributed by atoms with Crippen LogP contribution in [0.3, 0.4) is 0 Å². The molecule has 0 aromatic carbocycles. The first-order valence-corrected chi connectivity index (χ1v) is 12.8. The Morgan fingerprint density at radius 3 is 2.54 bits per heavy atom. The van der Waals surface area contributed by atoms with Gasteiger partial charge in [0.15, 0.2) is 0 Å². The Morgan fingerprint density at radius 1 is 1.00 bits per heavy atom. The molecule has 0 amide bonds. The largest absolute Gasteiger partial charge is 0.355 e. The van der Waals surface area contributed by atoms with E-state index in [-0.39, 0.29) is 0 Å². The third kappa shape index (κ3) is 3.42. The van der Waals surface area contributed by atoms with Crippen molar-refractivity contribution in [1.29, 1.82) is 0 Å². The monoisotopic (exact) mass is 386 g/mol. The highest BCUT2D eigenvalue weighted by Gasteiger charge is 2.59. The lowest BCUT2D eigenvalue weighted by atomic mass is 9.47. The van der Waals surface area contributed by atoms with E-state index < -0.39 is 0 Å². The van der Waals surface area contributed by atoms with E-state index in [9.17, 15) is 0 Å². The Hall–Kier alpha value is -0.300. The standard InChI is InChI=1S/C27H47N/c1-18(2)7-6-8-19(3)23-11-12-24-22-10-9-20-17-21(28)13-15-26(20,4)25(22)14-16-27(23,24)5/h9,18-19,21-25H,6-8,10-17,28H2,1-5H3/p+1/t19-,21-,22+,23-,24+,25+,26+,27-/m1/s1. The molecule has 0 aromatic heterocycles. The lowest BCUT2D eigenvalue weighted by molar-refractivity contribution is -0.425. The Bertz CT molecular complexity index is 591. The maximum Gasteiger partial charge on any atom is 0.0881 e. The Labute approximate surface area is 175 Å². The summed E-state index contributed by atoms with van der Waals surface area (Å²) >= 11 is 0. The highest BCUT2D eigenvalue weighted by molar-refractivity contribution is 5.25. The van der Waals surface area contributed by atoms with E-state index in [1.807, 2.05) is 0 Å². The molecule has 3 saturated carbocycles. The molecule has 1 nitrogen and oxygen atoms in total. The molecular weight excluding hydrogens is 338 g/mol. The molecule has 28 heavy (non-hydrogen) atoms. The minimum atomic E-state index is 0.513. The van der Waals surface area contributed by atoms with Crippen LogP contribution in [0.1, 0.15) is 105 Å². The van der Waals surface area contributed by atoms with Gasteiger partial charge in [0.25, 0.3) is 0 Å². The summed E-state index contributed by atoms with van der Waals surface area (Å²) < 4.78 is 0. The lowest BCUT2D eigenvalue weighted by Crippen LogP contribution is -2.64. The summed E-state index contributed by atoms with van der Waals surface area (Å²) in [6.07, 6.45) is 18.5. The fourth-order valence-corrected chi connectivity index (χ4v) is 8.76. The van der Waals surface area contributed by atoms with Gasteiger partial charge >= 0.3 is 0 Å². The number of quaternary nitrogens is 1. The molecule has 0 heterocycles. The van der Waals surface area contributed by atoms with Crippen LogP contribution < -0.4 is 5.73 Å². The molecule has 4 rings (SSSR count). The van der Waals surface area contributed by atoms with Crippen LogP contribution >= 0.6 is 0 Å². The summed E-state index contributed by atoms with van der Waals surface area (Å²) in [6.45, 7) is 12.7. The van der Waals surface area contributed by atoms with Gasteiger partial charge in [-0.25, -0.2) is 0 Å². The average molecular weight is 387 g/mol. The third-order valence-electron chi connectivity index (χ3n) is 10.4. The van der Waals surface area contributed by atoms with Gasteiger partial charge in [-0.15, -0.1) is 0 Å². The minimum absolute atomic E-state index is 0.513. The van der Waals surface area contributed by atoms with Crippen molar-refractivity contribution < 1.29 is 5.73 Å². The second-order valence-electron chi connectivity index (χ2n) is 12.4. The molecule has 8 atom stereocenters. The van der Waals surface area contributed by atoms with E-state index in [1.165, 1.54) is 70.6 Å². The van der Waals surface area contributed by atoms with Crippen molar-refractivity contribution in [3.05, 3.63) is 11.6 Å². The predicted molar refractivity (Wildman–Crippen MR) is 120 cm³/mol. The Kier molecular flexibility index (Phi) is 5.80. The molecule has 3 N–H and O–H groups in total. The van der Waals surface area contributed by atoms with E-state index in [0.29, 0.717) is 16.9 Å². The molecule has 0 unspecified atom stereocenters. The van der Waals surface area contributed by atoms with E-state index in [1.54, 1.807) is 5.57 Å².